The van der Waals surface area contributed by atoms with Crippen LogP contribution in [0.15, 0.2) is 78.9 Å². The number of anilines is 1. The lowest BCUT2D eigenvalue weighted by Crippen LogP contribution is -2.48. The summed E-state index contributed by atoms with van der Waals surface area (Å²) in [6.07, 6.45) is -0.0834. The van der Waals surface area contributed by atoms with Crippen LogP contribution in [0.25, 0.3) is 0 Å². The molecule has 1 aliphatic rings. The van der Waals surface area contributed by atoms with Crippen molar-refractivity contribution in [3.05, 3.63) is 101 Å². The first-order valence-corrected chi connectivity index (χ1v) is 11.0. The van der Waals surface area contributed by atoms with Gasteiger partial charge in [-0.15, -0.1) is 0 Å². The Kier molecular flexibility index (Phi) is 6.98. The number of rotatable bonds is 8. The van der Waals surface area contributed by atoms with Gasteiger partial charge in [0, 0.05) is 18.7 Å². The predicted octanol–water partition coefficient (Wildman–Crippen LogP) is 3.06. The van der Waals surface area contributed by atoms with Crippen LogP contribution in [0.4, 0.5) is 5.69 Å². The number of amides is 4. The van der Waals surface area contributed by atoms with E-state index < -0.39 is 29.7 Å². The minimum Gasteiger partial charge on any atom is -0.351 e. The quantitative estimate of drug-likeness (QED) is 0.495. The van der Waals surface area contributed by atoms with Gasteiger partial charge in [0.15, 0.2) is 0 Å². The molecule has 4 amide bonds. The number of hydrogen-bond acceptors (Lipinski definition) is 5. The van der Waals surface area contributed by atoms with Crippen molar-refractivity contribution < 1.29 is 19.2 Å². The molecule has 8 nitrogen and oxygen atoms in total. The third-order valence-electron chi connectivity index (χ3n) is 5.64. The summed E-state index contributed by atoms with van der Waals surface area (Å²) < 4.78 is 0. The smallest absolute Gasteiger partial charge is 0.262 e. The molecule has 1 atom stereocenters. The van der Waals surface area contributed by atoms with Crippen LogP contribution in [0.5, 0.6) is 0 Å². The average molecular weight is 466 g/mol. The van der Waals surface area contributed by atoms with Crippen molar-refractivity contribution in [2.24, 2.45) is 0 Å². The molecule has 0 saturated heterocycles. The molecule has 0 aliphatic carbocycles. The van der Waals surface area contributed by atoms with Gasteiger partial charge in [-0.1, -0.05) is 54.6 Å². The highest BCUT2D eigenvalue weighted by Crippen LogP contribution is 2.26. The molecule has 1 heterocycles. The maximum atomic E-state index is 13.4. The molecule has 174 valence electrons. The maximum Gasteiger partial charge on any atom is 0.262 e. The monoisotopic (exact) mass is 466 g/mol. The molecule has 1 aliphatic heterocycles. The van der Waals surface area contributed by atoms with E-state index in [1.54, 1.807) is 54.6 Å². The highest BCUT2D eigenvalue weighted by atomic mass is 16.2. The van der Waals surface area contributed by atoms with Crippen LogP contribution in [0.1, 0.15) is 38.3 Å². The number of fused-ring (bicyclic) bond motifs is 1. The summed E-state index contributed by atoms with van der Waals surface area (Å²) in [5, 5.41) is 14.1. The van der Waals surface area contributed by atoms with E-state index in [9.17, 15) is 19.2 Å². The first-order valence-electron chi connectivity index (χ1n) is 11.0. The van der Waals surface area contributed by atoms with Crippen LogP contribution >= 0.6 is 0 Å². The molecule has 0 aromatic heterocycles. The number of hydrogen-bond donors (Lipinski definition) is 2. The number of nitriles is 1. The minimum atomic E-state index is -1.07. The van der Waals surface area contributed by atoms with Crippen molar-refractivity contribution in [1.82, 2.24) is 10.2 Å². The van der Waals surface area contributed by atoms with Gasteiger partial charge in [-0.05, 0) is 35.4 Å². The molecule has 2 N–H and O–H groups in total. The van der Waals surface area contributed by atoms with Crippen molar-refractivity contribution in [3.63, 3.8) is 0 Å². The van der Waals surface area contributed by atoms with E-state index in [0.29, 0.717) is 5.69 Å². The molecule has 3 aromatic rings. The fourth-order valence-electron chi connectivity index (χ4n) is 3.95. The standard InChI is InChI=1S/C27H22N4O4/c28-14-13-24(32)29-17-19-9-6-10-20(15-19)30-25(33)23(16-18-7-2-1-3-8-18)31-26(34)21-11-4-5-12-22(21)27(31)35/h1-12,15,23H,13,16-17H2,(H,29,32)(H,30,33). The molecule has 0 saturated carbocycles. The zero-order chi connectivity index (χ0) is 24.8. The van der Waals surface area contributed by atoms with Gasteiger partial charge in [-0.25, -0.2) is 0 Å². The minimum absolute atomic E-state index is 0.155. The van der Waals surface area contributed by atoms with E-state index >= 15 is 0 Å². The molecule has 0 spiro atoms. The van der Waals surface area contributed by atoms with Crippen LogP contribution in [0, 0.1) is 11.3 Å². The van der Waals surface area contributed by atoms with Crippen molar-refractivity contribution in [2.75, 3.05) is 5.32 Å². The van der Waals surface area contributed by atoms with Gasteiger partial charge < -0.3 is 10.6 Å². The Labute approximate surface area is 202 Å². The lowest BCUT2D eigenvalue weighted by atomic mass is 10.0. The highest BCUT2D eigenvalue weighted by molar-refractivity contribution is 6.23. The second-order valence-corrected chi connectivity index (χ2v) is 8.03. The normalized spacial score (nSPS) is 13.1. The molecule has 35 heavy (non-hydrogen) atoms. The Morgan fingerprint density at radius 3 is 2.14 bits per heavy atom. The number of imide groups is 1. The van der Waals surface area contributed by atoms with Gasteiger partial charge >= 0.3 is 0 Å². The molecular formula is C27H22N4O4. The largest absolute Gasteiger partial charge is 0.351 e. The Hall–Kier alpha value is -4.77. The van der Waals surface area contributed by atoms with Crippen molar-refractivity contribution in [1.29, 1.82) is 5.26 Å². The van der Waals surface area contributed by atoms with Gasteiger partial charge in [0.25, 0.3) is 11.8 Å². The van der Waals surface area contributed by atoms with Gasteiger partial charge in [0.2, 0.25) is 11.8 Å². The molecule has 0 fully saturated rings. The van der Waals surface area contributed by atoms with Crippen LogP contribution in [0.2, 0.25) is 0 Å². The fourth-order valence-corrected chi connectivity index (χ4v) is 3.95. The van der Waals surface area contributed by atoms with E-state index in [0.717, 1.165) is 16.0 Å². The van der Waals surface area contributed by atoms with Crippen LogP contribution in [-0.2, 0) is 22.6 Å². The summed E-state index contributed by atoms with van der Waals surface area (Å²) in [6, 6.07) is 23.3. The predicted molar refractivity (Wildman–Crippen MR) is 128 cm³/mol. The molecule has 3 aromatic carbocycles. The Bertz CT molecular complexity index is 1300. The summed E-state index contributed by atoms with van der Waals surface area (Å²) in [5.74, 6) is -1.91. The molecular weight excluding hydrogens is 444 g/mol. The number of nitrogens with zero attached hydrogens (tertiary/aromatic N) is 2. The lowest BCUT2D eigenvalue weighted by Gasteiger charge is -2.25. The van der Waals surface area contributed by atoms with Crippen molar-refractivity contribution in [3.8, 4) is 6.07 Å². The SMILES string of the molecule is N#CCC(=O)NCc1cccc(NC(=O)C(Cc2ccccc2)N2C(=O)c3ccccc3C2=O)c1. The van der Waals surface area contributed by atoms with Crippen LogP contribution < -0.4 is 10.6 Å². The van der Waals surface area contributed by atoms with E-state index in [4.69, 9.17) is 5.26 Å². The van der Waals surface area contributed by atoms with Gasteiger partial charge in [-0.3, -0.25) is 24.1 Å². The summed E-state index contributed by atoms with van der Waals surface area (Å²) >= 11 is 0. The molecule has 8 heteroatoms. The summed E-state index contributed by atoms with van der Waals surface area (Å²) in [5.41, 5.74) is 2.53. The van der Waals surface area contributed by atoms with Gasteiger partial charge in [-0.2, -0.15) is 5.26 Å². The number of carbonyl (C=O) groups is 4. The first kappa shape index (κ1) is 23.4. The Morgan fingerprint density at radius 1 is 0.857 bits per heavy atom. The third-order valence-corrected chi connectivity index (χ3v) is 5.64. The third kappa shape index (κ3) is 5.25. The van der Waals surface area contributed by atoms with Crippen LogP contribution in [-0.4, -0.2) is 34.6 Å². The Morgan fingerprint density at radius 2 is 1.49 bits per heavy atom. The van der Waals surface area contributed by atoms with Crippen molar-refractivity contribution >= 4 is 29.3 Å². The maximum absolute atomic E-state index is 13.4. The Balaban J connectivity index is 1.57. The number of carbonyl (C=O) groups excluding carboxylic acids is 4. The van der Waals surface area contributed by atoms with E-state index in [1.165, 1.54) is 0 Å². The molecule has 0 bridgehead atoms. The molecule has 1 unspecified atom stereocenters. The first-order chi connectivity index (χ1) is 17.0. The second-order valence-electron chi connectivity index (χ2n) is 8.03. The fraction of sp³-hybridized carbons (Fsp3) is 0.148. The van der Waals surface area contributed by atoms with Gasteiger partial charge in [0.1, 0.15) is 12.5 Å². The molecule has 4 rings (SSSR count). The highest BCUT2D eigenvalue weighted by Gasteiger charge is 2.42. The van der Waals surface area contributed by atoms with E-state index in [1.807, 2.05) is 30.3 Å². The van der Waals surface area contributed by atoms with Crippen LogP contribution in [0.3, 0.4) is 0 Å². The summed E-state index contributed by atoms with van der Waals surface area (Å²) in [6.45, 7) is 0.191. The zero-order valence-electron chi connectivity index (χ0n) is 18.7. The average Bonchev–Trinajstić information content (AvgIpc) is 3.12. The second kappa shape index (κ2) is 10.4. The van der Waals surface area contributed by atoms with E-state index in [2.05, 4.69) is 10.6 Å². The molecule has 0 radical (unpaired) electrons. The summed E-state index contributed by atoms with van der Waals surface area (Å²) in [4.78, 5) is 52.3. The van der Waals surface area contributed by atoms with Crippen molar-refractivity contribution in [2.45, 2.75) is 25.4 Å². The summed E-state index contributed by atoms with van der Waals surface area (Å²) in [7, 11) is 0. The lowest BCUT2D eigenvalue weighted by molar-refractivity contribution is -0.120. The topological polar surface area (TPSA) is 119 Å². The number of nitrogens with one attached hydrogen (secondary N) is 2. The zero-order valence-corrected chi connectivity index (χ0v) is 18.7. The number of benzene rings is 3. The van der Waals surface area contributed by atoms with Gasteiger partial charge in [0.05, 0.1) is 17.2 Å². The van der Waals surface area contributed by atoms with E-state index in [-0.39, 0.29) is 30.5 Å².